The lowest BCUT2D eigenvalue weighted by atomic mass is 10.1. The third-order valence-corrected chi connectivity index (χ3v) is 5.77. The van der Waals surface area contributed by atoms with Gasteiger partial charge in [-0.05, 0) is 41.8 Å². The molecule has 2 aromatic carbocycles. The summed E-state index contributed by atoms with van der Waals surface area (Å²) in [4.78, 5) is 43.5. The Kier molecular flexibility index (Phi) is 4.45. The number of rotatable bonds is 4. The Hall–Kier alpha value is -4.11. The van der Waals surface area contributed by atoms with Gasteiger partial charge in [-0.25, -0.2) is 9.67 Å². The molecule has 5 rings (SSSR count). The second kappa shape index (κ2) is 7.29. The van der Waals surface area contributed by atoms with Crippen molar-refractivity contribution in [2.75, 3.05) is 12.4 Å². The van der Waals surface area contributed by atoms with Crippen molar-refractivity contribution >= 4 is 34.7 Å². The zero-order chi connectivity index (χ0) is 21.5. The van der Waals surface area contributed by atoms with Crippen LogP contribution in [-0.2, 0) is 0 Å². The Labute approximate surface area is 180 Å². The van der Waals surface area contributed by atoms with Gasteiger partial charge in [0, 0.05) is 12.7 Å². The van der Waals surface area contributed by atoms with Gasteiger partial charge in [0.15, 0.2) is 5.82 Å². The van der Waals surface area contributed by atoms with Gasteiger partial charge < -0.3 is 5.32 Å². The van der Waals surface area contributed by atoms with Crippen molar-refractivity contribution in [2.24, 2.45) is 0 Å². The van der Waals surface area contributed by atoms with Crippen molar-refractivity contribution in [2.45, 2.75) is 0 Å². The van der Waals surface area contributed by atoms with Crippen molar-refractivity contribution in [3.05, 3.63) is 83.0 Å². The van der Waals surface area contributed by atoms with Gasteiger partial charge >= 0.3 is 0 Å². The normalized spacial score (nSPS) is 12.9. The van der Waals surface area contributed by atoms with Crippen LogP contribution in [0.4, 0.5) is 5.69 Å². The molecule has 1 aliphatic rings. The van der Waals surface area contributed by atoms with E-state index in [1.54, 1.807) is 10.7 Å². The van der Waals surface area contributed by atoms with Gasteiger partial charge in [0.1, 0.15) is 0 Å². The van der Waals surface area contributed by atoms with E-state index < -0.39 is 11.8 Å². The smallest absolute Gasteiger partial charge is 0.295 e. The lowest BCUT2D eigenvalue weighted by molar-refractivity contribution is 0.0692. The highest BCUT2D eigenvalue weighted by Crippen LogP contribution is 2.27. The molecule has 0 saturated carbocycles. The van der Waals surface area contributed by atoms with Crippen molar-refractivity contribution in [1.29, 1.82) is 0 Å². The summed E-state index contributed by atoms with van der Waals surface area (Å²) in [5, 5.41) is 9.06. The van der Waals surface area contributed by atoms with E-state index in [2.05, 4.69) is 15.4 Å². The van der Waals surface area contributed by atoms with E-state index in [1.807, 2.05) is 47.8 Å². The molecule has 152 valence electrons. The second-order valence-electron chi connectivity index (χ2n) is 6.87. The summed E-state index contributed by atoms with van der Waals surface area (Å²) in [7, 11) is 1.43. The third kappa shape index (κ3) is 3.21. The number of benzene rings is 2. The molecule has 0 atom stereocenters. The van der Waals surface area contributed by atoms with E-state index in [-0.39, 0.29) is 17.3 Å². The molecular weight excluding hydrogens is 414 g/mol. The largest absolute Gasteiger partial charge is 0.319 e. The second-order valence-corrected chi connectivity index (χ2v) is 7.82. The number of para-hydroxylation sites is 1. The number of thiophene rings is 1. The molecule has 2 aromatic heterocycles. The zero-order valence-corrected chi connectivity index (χ0v) is 17.1. The first-order valence-electron chi connectivity index (χ1n) is 9.37. The predicted octanol–water partition coefficient (Wildman–Crippen LogP) is 3.47. The molecule has 9 heteroatoms. The maximum atomic E-state index is 12.9. The fourth-order valence-electron chi connectivity index (χ4n) is 3.35. The van der Waals surface area contributed by atoms with Gasteiger partial charge in [-0.1, -0.05) is 24.3 Å². The standard InChI is InChI=1S/C22H15N5O3S/c1-26-21(29)15-10-9-13(12-16(15)22(26)30)23-20(28)18-24-19(17-8-5-11-31-17)27(25-18)14-6-3-2-4-7-14/h2-12H,1H3,(H,23,28). The Morgan fingerprint density at radius 2 is 1.74 bits per heavy atom. The van der Waals surface area contributed by atoms with E-state index in [0.717, 1.165) is 15.5 Å². The summed E-state index contributed by atoms with van der Waals surface area (Å²) in [5.41, 5.74) is 1.74. The molecule has 0 unspecified atom stereocenters. The summed E-state index contributed by atoms with van der Waals surface area (Å²) in [6.45, 7) is 0. The van der Waals surface area contributed by atoms with Crippen LogP contribution in [0.5, 0.6) is 0 Å². The number of amides is 3. The topological polar surface area (TPSA) is 97.2 Å². The first-order valence-corrected chi connectivity index (χ1v) is 10.2. The van der Waals surface area contributed by atoms with Crippen LogP contribution >= 0.6 is 11.3 Å². The van der Waals surface area contributed by atoms with E-state index >= 15 is 0 Å². The number of nitrogens with one attached hydrogen (secondary N) is 1. The molecule has 3 heterocycles. The first kappa shape index (κ1) is 18.9. The van der Waals surface area contributed by atoms with Crippen LogP contribution in [0.3, 0.4) is 0 Å². The van der Waals surface area contributed by atoms with Crippen LogP contribution in [0.15, 0.2) is 66.0 Å². The zero-order valence-electron chi connectivity index (χ0n) is 16.3. The van der Waals surface area contributed by atoms with Gasteiger partial charge in [-0.15, -0.1) is 16.4 Å². The molecule has 0 saturated heterocycles. The Bertz CT molecular complexity index is 1330. The molecule has 0 spiro atoms. The summed E-state index contributed by atoms with van der Waals surface area (Å²) in [6.07, 6.45) is 0. The summed E-state index contributed by atoms with van der Waals surface area (Å²) in [5.74, 6) is -0.725. The molecule has 0 fully saturated rings. The number of carbonyl (C=O) groups excluding carboxylic acids is 3. The molecule has 8 nitrogen and oxygen atoms in total. The van der Waals surface area contributed by atoms with Crippen LogP contribution in [0.2, 0.25) is 0 Å². The molecule has 0 aliphatic carbocycles. The van der Waals surface area contributed by atoms with Crippen molar-refractivity contribution in [1.82, 2.24) is 19.7 Å². The predicted molar refractivity (Wildman–Crippen MR) is 115 cm³/mol. The summed E-state index contributed by atoms with van der Waals surface area (Å²) < 4.78 is 1.63. The minimum absolute atomic E-state index is 0.00716. The maximum Gasteiger partial charge on any atom is 0.295 e. The van der Waals surface area contributed by atoms with Crippen molar-refractivity contribution in [3.63, 3.8) is 0 Å². The number of anilines is 1. The highest BCUT2D eigenvalue weighted by atomic mass is 32.1. The van der Waals surface area contributed by atoms with Crippen LogP contribution in [0, 0.1) is 0 Å². The van der Waals surface area contributed by atoms with Crippen LogP contribution in [-0.4, -0.2) is 44.4 Å². The highest BCUT2D eigenvalue weighted by Gasteiger charge is 2.33. The van der Waals surface area contributed by atoms with Gasteiger partial charge in [-0.2, -0.15) is 0 Å². The van der Waals surface area contributed by atoms with E-state index in [0.29, 0.717) is 17.1 Å². The molecule has 3 amide bonds. The van der Waals surface area contributed by atoms with Gasteiger partial charge in [-0.3, -0.25) is 19.3 Å². The van der Waals surface area contributed by atoms with Crippen molar-refractivity contribution < 1.29 is 14.4 Å². The van der Waals surface area contributed by atoms with E-state index in [1.165, 1.54) is 30.5 Å². The van der Waals surface area contributed by atoms with Crippen LogP contribution in [0.1, 0.15) is 31.3 Å². The minimum atomic E-state index is -0.516. The summed E-state index contributed by atoms with van der Waals surface area (Å²) in [6, 6.07) is 17.8. The van der Waals surface area contributed by atoms with Crippen LogP contribution < -0.4 is 5.32 Å². The van der Waals surface area contributed by atoms with Gasteiger partial charge in [0.05, 0.1) is 21.7 Å². The Morgan fingerprint density at radius 1 is 0.968 bits per heavy atom. The Balaban J connectivity index is 1.48. The fraction of sp³-hybridized carbons (Fsp3) is 0.0455. The maximum absolute atomic E-state index is 12.9. The SMILES string of the molecule is CN1C(=O)c2ccc(NC(=O)c3nc(-c4cccs4)n(-c4ccccc4)n3)cc2C1=O. The summed E-state index contributed by atoms with van der Waals surface area (Å²) >= 11 is 1.50. The van der Waals surface area contributed by atoms with E-state index in [4.69, 9.17) is 0 Å². The van der Waals surface area contributed by atoms with Gasteiger partial charge in [0.2, 0.25) is 5.82 Å². The monoisotopic (exact) mass is 429 g/mol. The first-order chi connectivity index (χ1) is 15.0. The third-order valence-electron chi connectivity index (χ3n) is 4.90. The molecule has 4 aromatic rings. The lowest BCUT2D eigenvalue weighted by Crippen LogP contribution is -2.24. The fourth-order valence-corrected chi connectivity index (χ4v) is 4.05. The molecular formula is C22H15N5O3S. The number of hydrogen-bond donors (Lipinski definition) is 1. The van der Waals surface area contributed by atoms with Crippen molar-refractivity contribution in [3.8, 4) is 16.4 Å². The van der Waals surface area contributed by atoms with Crippen LogP contribution in [0.25, 0.3) is 16.4 Å². The number of imide groups is 1. The molecule has 1 aliphatic heterocycles. The number of aromatic nitrogens is 3. The lowest BCUT2D eigenvalue weighted by Gasteiger charge is -2.04. The minimum Gasteiger partial charge on any atom is -0.319 e. The molecule has 0 radical (unpaired) electrons. The quantitative estimate of drug-likeness (QED) is 0.501. The average Bonchev–Trinajstić information content (AvgIpc) is 3.51. The molecule has 1 N–H and O–H groups in total. The number of carbonyl (C=O) groups is 3. The van der Waals surface area contributed by atoms with E-state index in [9.17, 15) is 14.4 Å². The highest BCUT2D eigenvalue weighted by molar-refractivity contribution is 7.13. The van der Waals surface area contributed by atoms with Gasteiger partial charge in [0.25, 0.3) is 17.7 Å². The number of hydrogen-bond acceptors (Lipinski definition) is 6. The molecule has 0 bridgehead atoms. The average molecular weight is 429 g/mol. The number of nitrogens with zero attached hydrogens (tertiary/aromatic N) is 4. The molecule has 31 heavy (non-hydrogen) atoms. The Morgan fingerprint density at radius 3 is 2.48 bits per heavy atom. The number of fused-ring (bicyclic) bond motifs is 1.